The van der Waals surface area contributed by atoms with Crippen LogP contribution in [0.3, 0.4) is 0 Å². The second-order valence-electron chi connectivity index (χ2n) is 3.29. The quantitative estimate of drug-likeness (QED) is 0.552. The fraction of sp³-hybridized carbons (Fsp3) is 0.417. The van der Waals surface area contributed by atoms with Crippen LogP contribution in [0, 0.1) is 5.82 Å². The first kappa shape index (κ1) is 12.6. The zero-order valence-electron chi connectivity index (χ0n) is 9.46. The molecular formula is C12H15FO3. The molecule has 0 heterocycles. The van der Waals surface area contributed by atoms with Crippen molar-refractivity contribution in [2.45, 2.75) is 13.3 Å². The maximum Gasteiger partial charge on any atom is 0.195 e. The van der Waals surface area contributed by atoms with E-state index in [4.69, 9.17) is 9.47 Å². The van der Waals surface area contributed by atoms with Gasteiger partial charge < -0.3 is 9.47 Å². The molecule has 0 saturated heterocycles. The first-order valence-corrected chi connectivity index (χ1v) is 5.14. The molecule has 0 saturated carbocycles. The van der Waals surface area contributed by atoms with Crippen molar-refractivity contribution < 1.29 is 18.7 Å². The molecule has 1 aromatic carbocycles. The van der Waals surface area contributed by atoms with Crippen molar-refractivity contribution in [2.24, 2.45) is 0 Å². The van der Waals surface area contributed by atoms with Gasteiger partial charge in [-0.25, -0.2) is 4.39 Å². The number of carbonyl (C=O) groups excluding carboxylic acids is 1. The lowest BCUT2D eigenvalue weighted by atomic mass is 10.1. The van der Waals surface area contributed by atoms with Crippen LogP contribution in [0.5, 0.6) is 5.75 Å². The van der Waals surface area contributed by atoms with Gasteiger partial charge in [0.05, 0.1) is 12.7 Å². The van der Waals surface area contributed by atoms with Gasteiger partial charge in [-0.3, -0.25) is 4.79 Å². The standard InChI is InChI=1S/C12H15FO3/c1-3-7-16-8-10(14)12-9(13)5-4-6-11(12)15-2/h4-6H,3,7-8H2,1-2H3. The monoisotopic (exact) mass is 226 g/mol. The maximum atomic E-state index is 13.4. The summed E-state index contributed by atoms with van der Waals surface area (Å²) in [4.78, 5) is 11.7. The number of hydrogen-bond acceptors (Lipinski definition) is 3. The highest BCUT2D eigenvalue weighted by Crippen LogP contribution is 2.21. The minimum Gasteiger partial charge on any atom is -0.496 e. The Labute approximate surface area is 94.2 Å². The van der Waals surface area contributed by atoms with Gasteiger partial charge in [0, 0.05) is 6.61 Å². The number of hydrogen-bond donors (Lipinski definition) is 0. The van der Waals surface area contributed by atoms with E-state index in [0.717, 1.165) is 6.42 Å². The van der Waals surface area contributed by atoms with E-state index in [9.17, 15) is 9.18 Å². The van der Waals surface area contributed by atoms with Crippen LogP contribution < -0.4 is 4.74 Å². The first-order valence-electron chi connectivity index (χ1n) is 5.14. The van der Waals surface area contributed by atoms with Gasteiger partial charge in [0.2, 0.25) is 0 Å². The van der Waals surface area contributed by atoms with Gasteiger partial charge in [-0.05, 0) is 18.6 Å². The number of rotatable bonds is 6. The Morgan fingerprint density at radius 1 is 1.44 bits per heavy atom. The lowest BCUT2D eigenvalue weighted by Gasteiger charge is -2.08. The van der Waals surface area contributed by atoms with Crippen molar-refractivity contribution in [1.29, 1.82) is 0 Å². The number of Topliss-reactive ketones (excluding diaryl/α,β-unsaturated/α-hetero) is 1. The molecule has 0 aliphatic carbocycles. The number of methoxy groups -OCH3 is 1. The summed E-state index contributed by atoms with van der Waals surface area (Å²) in [6, 6.07) is 4.28. The van der Waals surface area contributed by atoms with Gasteiger partial charge in [0.25, 0.3) is 0 Å². The van der Waals surface area contributed by atoms with Crippen LogP contribution in [-0.2, 0) is 4.74 Å². The molecule has 0 amide bonds. The highest BCUT2D eigenvalue weighted by molar-refractivity contribution is 5.99. The summed E-state index contributed by atoms with van der Waals surface area (Å²) in [5.41, 5.74) is -0.0406. The normalized spacial score (nSPS) is 10.2. The van der Waals surface area contributed by atoms with Crippen LogP contribution in [0.15, 0.2) is 18.2 Å². The largest absolute Gasteiger partial charge is 0.496 e. The molecule has 16 heavy (non-hydrogen) atoms. The summed E-state index contributed by atoms with van der Waals surface area (Å²) in [5, 5.41) is 0. The number of carbonyl (C=O) groups is 1. The smallest absolute Gasteiger partial charge is 0.195 e. The Balaban J connectivity index is 2.81. The van der Waals surface area contributed by atoms with Crippen molar-refractivity contribution in [3.8, 4) is 5.75 Å². The Kier molecular flexibility index (Phi) is 4.92. The minimum absolute atomic E-state index is 0.0406. The number of ketones is 1. The summed E-state index contributed by atoms with van der Waals surface area (Å²) in [6.07, 6.45) is 0.821. The van der Waals surface area contributed by atoms with Crippen molar-refractivity contribution in [3.05, 3.63) is 29.6 Å². The number of ether oxygens (including phenoxy) is 2. The lowest BCUT2D eigenvalue weighted by Crippen LogP contribution is -2.12. The van der Waals surface area contributed by atoms with E-state index in [1.54, 1.807) is 6.07 Å². The van der Waals surface area contributed by atoms with Gasteiger partial charge in [-0.1, -0.05) is 13.0 Å². The number of halogens is 1. The zero-order chi connectivity index (χ0) is 12.0. The third-order valence-electron chi connectivity index (χ3n) is 2.06. The molecule has 0 aliphatic heterocycles. The predicted molar refractivity (Wildman–Crippen MR) is 58.4 cm³/mol. The average Bonchev–Trinajstić information content (AvgIpc) is 2.28. The van der Waals surface area contributed by atoms with Crippen molar-refractivity contribution >= 4 is 5.78 Å². The molecule has 0 radical (unpaired) electrons. The van der Waals surface area contributed by atoms with Crippen LogP contribution in [0.4, 0.5) is 4.39 Å². The molecule has 3 nitrogen and oxygen atoms in total. The van der Waals surface area contributed by atoms with Gasteiger partial charge in [0.1, 0.15) is 18.2 Å². The Morgan fingerprint density at radius 2 is 2.19 bits per heavy atom. The predicted octanol–water partition coefficient (Wildman–Crippen LogP) is 2.44. The minimum atomic E-state index is -0.579. The molecule has 0 spiro atoms. The van der Waals surface area contributed by atoms with E-state index in [1.807, 2.05) is 6.92 Å². The molecule has 0 atom stereocenters. The Morgan fingerprint density at radius 3 is 2.81 bits per heavy atom. The van der Waals surface area contributed by atoms with Crippen LogP contribution in [-0.4, -0.2) is 26.1 Å². The van der Waals surface area contributed by atoms with E-state index in [-0.39, 0.29) is 17.9 Å². The molecule has 0 bridgehead atoms. The number of benzene rings is 1. The van der Waals surface area contributed by atoms with Crippen molar-refractivity contribution in [1.82, 2.24) is 0 Å². The molecule has 88 valence electrons. The SMILES string of the molecule is CCCOCC(=O)c1c(F)cccc1OC. The van der Waals surface area contributed by atoms with E-state index < -0.39 is 11.6 Å². The highest BCUT2D eigenvalue weighted by Gasteiger charge is 2.17. The van der Waals surface area contributed by atoms with Crippen molar-refractivity contribution in [3.63, 3.8) is 0 Å². The Bertz CT molecular complexity index is 363. The van der Waals surface area contributed by atoms with Gasteiger partial charge in [-0.15, -0.1) is 0 Å². The topological polar surface area (TPSA) is 35.5 Å². The zero-order valence-corrected chi connectivity index (χ0v) is 9.46. The molecule has 0 unspecified atom stereocenters. The van der Waals surface area contributed by atoms with Crippen LogP contribution in [0.2, 0.25) is 0 Å². The third kappa shape index (κ3) is 3.03. The van der Waals surface area contributed by atoms with E-state index >= 15 is 0 Å². The molecule has 4 heteroatoms. The fourth-order valence-electron chi connectivity index (χ4n) is 1.33. The first-order chi connectivity index (χ1) is 7.70. The fourth-order valence-corrected chi connectivity index (χ4v) is 1.33. The highest BCUT2D eigenvalue weighted by atomic mass is 19.1. The van der Waals surface area contributed by atoms with Crippen molar-refractivity contribution in [2.75, 3.05) is 20.3 Å². The average molecular weight is 226 g/mol. The summed E-state index contributed by atoms with van der Waals surface area (Å²) in [6.45, 7) is 2.31. The second kappa shape index (κ2) is 6.23. The van der Waals surface area contributed by atoms with Gasteiger partial charge in [0.15, 0.2) is 5.78 Å². The second-order valence-corrected chi connectivity index (χ2v) is 3.29. The van der Waals surface area contributed by atoms with E-state index in [2.05, 4.69) is 0 Å². The maximum absolute atomic E-state index is 13.4. The summed E-state index contributed by atoms with van der Waals surface area (Å²) in [5.74, 6) is -0.738. The third-order valence-corrected chi connectivity index (χ3v) is 2.06. The molecule has 0 fully saturated rings. The molecule has 0 aromatic heterocycles. The van der Waals surface area contributed by atoms with E-state index in [0.29, 0.717) is 6.61 Å². The molecule has 0 aliphatic rings. The molecular weight excluding hydrogens is 211 g/mol. The summed E-state index contributed by atoms with van der Waals surface area (Å²) >= 11 is 0. The molecule has 1 rings (SSSR count). The Hall–Kier alpha value is -1.42. The van der Waals surface area contributed by atoms with Crippen LogP contribution in [0.25, 0.3) is 0 Å². The van der Waals surface area contributed by atoms with Crippen LogP contribution in [0.1, 0.15) is 23.7 Å². The van der Waals surface area contributed by atoms with Gasteiger partial charge >= 0.3 is 0 Å². The molecule has 1 aromatic rings. The van der Waals surface area contributed by atoms with Crippen LogP contribution >= 0.6 is 0 Å². The lowest BCUT2D eigenvalue weighted by molar-refractivity contribution is 0.0754. The molecule has 0 N–H and O–H groups in total. The summed E-state index contributed by atoms with van der Waals surface area (Å²) in [7, 11) is 1.40. The van der Waals surface area contributed by atoms with Gasteiger partial charge in [-0.2, -0.15) is 0 Å². The summed E-state index contributed by atoms with van der Waals surface area (Å²) < 4.78 is 23.5. The van der Waals surface area contributed by atoms with E-state index in [1.165, 1.54) is 19.2 Å².